The molecule has 0 saturated heterocycles. The number of para-hydroxylation sites is 4. The van der Waals surface area contributed by atoms with Crippen LogP contribution in [0.4, 0.5) is 0 Å². The van der Waals surface area contributed by atoms with E-state index in [9.17, 15) is 2.74 Å². The molecule has 12 aromatic carbocycles. The van der Waals surface area contributed by atoms with Crippen LogP contribution in [0.1, 0.15) is 33.2 Å². The summed E-state index contributed by atoms with van der Waals surface area (Å²) in [7, 11) is 0. The summed E-state index contributed by atoms with van der Waals surface area (Å²) in [5.41, 5.74) is 15.7. The van der Waals surface area contributed by atoms with Crippen LogP contribution in [0.5, 0.6) is 11.5 Å². The molecule has 414 valence electrons. The molecule has 6 heteroatoms. The highest BCUT2D eigenvalue weighted by Crippen LogP contribution is 2.47. The average Bonchev–Trinajstić information content (AvgIpc) is 1.58. The van der Waals surface area contributed by atoms with Crippen molar-refractivity contribution in [3.63, 3.8) is 0 Å². The highest BCUT2D eigenvalue weighted by atomic mass is 16.5. The molecule has 0 N–H and O–H groups in total. The zero-order valence-corrected chi connectivity index (χ0v) is 48.3. The molecule has 18 rings (SSSR count). The molecule has 0 radical (unpaired) electrons. The van der Waals surface area contributed by atoms with Crippen molar-refractivity contribution in [2.45, 2.75) is 26.2 Å². The van der Waals surface area contributed by atoms with Crippen LogP contribution in [0.2, 0.25) is 0 Å². The van der Waals surface area contributed by atoms with Crippen LogP contribution in [-0.4, -0.2) is 18.5 Å². The summed E-state index contributed by atoms with van der Waals surface area (Å²) in [5.74, 6) is 2.03. The molecule has 0 unspecified atom stereocenters. The van der Waals surface area contributed by atoms with Gasteiger partial charge in [-0.1, -0.05) is 227 Å². The van der Waals surface area contributed by atoms with Crippen molar-refractivity contribution >= 4 is 92.5 Å². The van der Waals surface area contributed by atoms with E-state index in [-0.39, 0.29) is 23.1 Å². The zero-order chi connectivity index (χ0) is 62.7. The van der Waals surface area contributed by atoms with Crippen molar-refractivity contribution in [3.8, 4) is 73.2 Å². The summed E-state index contributed by atoms with van der Waals surface area (Å²) in [6.07, 6.45) is 5.73. The molecule has 88 heavy (non-hydrogen) atoms. The second-order valence-electron chi connectivity index (χ2n) is 24.0. The smallest absolute Gasteiger partial charge is 0.269 e. The molecular weight excluding hydrogens is 1070 g/mol. The third kappa shape index (κ3) is 7.48. The molecule has 5 aromatic heterocycles. The van der Waals surface area contributed by atoms with Gasteiger partial charge >= 0.3 is 0 Å². The molecule has 0 saturated carbocycles. The number of hydrogen-bond acceptors (Lipinski definition) is 2. The number of pyridine rings is 1. The van der Waals surface area contributed by atoms with E-state index in [1.54, 1.807) is 0 Å². The fourth-order valence-corrected chi connectivity index (χ4v) is 14.2. The molecule has 0 amide bonds. The summed E-state index contributed by atoms with van der Waals surface area (Å²) in [5, 5.41) is 11.4. The normalized spacial score (nSPS) is 13.1. The summed E-state index contributed by atoms with van der Waals surface area (Å²) >= 11 is 0. The van der Waals surface area contributed by atoms with E-state index in [1.807, 2.05) is 69.9 Å². The molecule has 0 bridgehead atoms. The first-order valence-electron chi connectivity index (χ1n) is 32.4. The SMILES string of the molecule is [2H]c1c([2H])c([2H])c(-c2cccc3c2-[n+]2[c-]n(-c4cccc(Oc5ccc6c7cc8c(cc7n(-c7cc(C(C)(C)C)ccn7)c6c5)c5ccccc5c5ccccc5c5cccc6c7ccccc7n8c56)c4)c4cccc(c42)-c2ccccc2-c2ccccc2-3)c([2H])c1[2H]. The van der Waals surface area contributed by atoms with E-state index in [1.165, 1.54) is 26.9 Å². The Balaban J connectivity index is 0.865. The van der Waals surface area contributed by atoms with Gasteiger partial charge < -0.3 is 9.14 Å². The van der Waals surface area contributed by atoms with Gasteiger partial charge in [0.15, 0.2) is 0 Å². The maximum Gasteiger partial charge on any atom is 0.269 e. The monoisotopic (exact) mass is 1130 g/mol. The minimum atomic E-state index is -0.447. The largest absolute Gasteiger partial charge is 0.458 e. The number of fused-ring (bicyclic) bond motifs is 20. The number of aromatic nitrogens is 5. The number of nitrogens with zero attached hydrogens (tertiary/aromatic N) is 5. The Labute approximate surface area is 515 Å². The van der Waals surface area contributed by atoms with Crippen LogP contribution in [0, 0.1) is 6.33 Å². The van der Waals surface area contributed by atoms with Crippen molar-refractivity contribution in [1.29, 1.82) is 0 Å². The van der Waals surface area contributed by atoms with Crippen LogP contribution in [-0.2, 0) is 5.41 Å². The summed E-state index contributed by atoms with van der Waals surface area (Å²) < 4.78 is 60.9. The summed E-state index contributed by atoms with van der Waals surface area (Å²) in [6.45, 7) is 6.71. The number of hydrogen-bond donors (Lipinski definition) is 0. The maximum absolute atomic E-state index is 9.33. The lowest BCUT2D eigenvalue weighted by Crippen LogP contribution is -2.32. The van der Waals surface area contributed by atoms with Crippen LogP contribution in [0.3, 0.4) is 0 Å². The molecule has 0 fully saturated rings. The molecular formula is C82H55N5O. The maximum atomic E-state index is 9.33. The summed E-state index contributed by atoms with van der Waals surface area (Å²) in [4.78, 5) is 5.19. The molecule has 6 heterocycles. The molecule has 0 aliphatic carbocycles. The fourth-order valence-electron chi connectivity index (χ4n) is 14.2. The van der Waals surface area contributed by atoms with Crippen molar-refractivity contribution in [2.24, 2.45) is 0 Å². The molecule has 0 spiro atoms. The second kappa shape index (κ2) is 19.1. The predicted octanol–water partition coefficient (Wildman–Crippen LogP) is 20.9. The zero-order valence-electron chi connectivity index (χ0n) is 53.3. The average molecular weight is 1130 g/mol. The number of imidazole rings is 1. The third-order valence-electron chi connectivity index (χ3n) is 18.1. The minimum absolute atomic E-state index is 0.106. The van der Waals surface area contributed by atoms with Crippen LogP contribution < -0.4 is 9.30 Å². The van der Waals surface area contributed by atoms with Gasteiger partial charge in [-0.25, -0.2) is 4.98 Å². The van der Waals surface area contributed by atoms with Crippen LogP contribution in [0.15, 0.2) is 279 Å². The molecule has 0 atom stereocenters. The van der Waals surface area contributed by atoms with Gasteiger partial charge in [-0.2, -0.15) is 0 Å². The lowest BCUT2D eigenvalue weighted by atomic mass is 9.88. The first-order chi connectivity index (χ1) is 45.4. The van der Waals surface area contributed by atoms with Crippen molar-refractivity contribution in [2.75, 3.05) is 0 Å². The fraction of sp³-hybridized carbons (Fsp3) is 0.0488. The van der Waals surface area contributed by atoms with Gasteiger partial charge in [0.2, 0.25) is 0 Å². The quantitative estimate of drug-likeness (QED) is 0.127. The van der Waals surface area contributed by atoms with Crippen molar-refractivity contribution in [3.05, 3.63) is 291 Å². The third-order valence-corrected chi connectivity index (χ3v) is 18.1. The highest BCUT2D eigenvalue weighted by Gasteiger charge is 2.27. The van der Waals surface area contributed by atoms with Crippen LogP contribution >= 0.6 is 0 Å². The van der Waals surface area contributed by atoms with Gasteiger partial charge in [-0.15, -0.1) is 0 Å². The Hall–Kier alpha value is -11.3. The summed E-state index contributed by atoms with van der Waals surface area (Å²) in [6, 6.07) is 83.6. The molecule has 17 aromatic rings. The first-order valence-corrected chi connectivity index (χ1v) is 29.9. The van der Waals surface area contributed by atoms with Gasteiger partial charge in [0.1, 0.15) is 17.3 Å². The minimum Gasteiger partial charge on any atom is -0.458 e. The number of ether oxygens (including phenoxy) is 1. The molecule has 6 nitrogen and oxygen atoms in total. The standard InChI is InChI=1S/C82H55N5O/c1-82(2,3)52-43-44-83-78(45-52)86-75-47-55(41-42-66(75)72-49-77-71(48-76(72)86)64-32-14-10-28-60(64)59-27-8-12-30-62(59)68-36-19-37-70-65-33-15-16-39-73(65)87(77)80(68)70)88-54-24-17-23-53(46-54)84-50-85-79-56(51-21-5-4-6-22-51)34-18-35-67(79)61-29-11-7-25-57(61)58-26-9-13-31-63(58)69-38-20-40-74(84)81(69)85/h4-49H,1-3H3/i4D,5D,6D,21D,22D. The Morgan fingerprint density at radius 1 is 0.420 bits per heavy atom. The topological polar surface area (TPSA) is 40.3 Å². The lowest BCUT2D eigenvalue weighted by Gasteiger charge is -2.20. The van der Waals surface area contributed by atoms with Crippen molar-refractivity contribution < 1.29 is 16.2 Å². The van der Waals surface area contributed by atoms with E-state index >= 15 is 0 Å². The molecule has 1 aliphatic rings. The van der Waals surface area contributed by atoms with E-state index < -0.39 is 18.1 Å². The Bertz CT molecular complexity index is 6140. The first kappa shape index (κ1) is 45.1. The van der Waals surface area contributed by atoms with E-state index in [0.717, 1.165) is 116 Å². The van der Waals surface area contributed by atoms with E-state index in [4.69, 9.17) is 13.8 Å². The van der Waals surface area contributed by atoms with Gasteiger partial charge in [0, 0.05) is 44.6 Å². The van der Waals surface area contributed by atoms with Crippen molar-refractivity contribution in [1.82, 2.24) is 18.5 Å². The van der Waals surface area contributed by atoms with Gasteiger partial charge in [0.05, 0.1) is 56.8 Å². The van der Waals surface area contributed by atoms with Gasteiger partial charge in [-0.3, -0.25) is 13.7 Å². The number of rotatable bonds is 5. The van der Waals surface area contributed by atoms with Crippen LogP contribution in [0.25, 0.3) is 154 Å². The van der Waals surface area contributed by atoms with E-state index in [2.05, 4.69) is 224 Å². The second-order valence-corrected chi connectivity index (χ2v) is 24.0. The highest BCUT2D eigenvalue weighted by molar-refractivity contribution is 6.27. The van der Waals surface area contributed by atoms with Gasteiger partial charge in [0.25, 0.3) is 6.33 Å². The number of benzene rings is 12. The Morgan fingerprint density at radius 3 is 1.69 bits per heavy atom. The van der Waals surface area contributed by atoms with Gasteiger partial charge in [-0.05, 0) is 138 Å². The Morgan fingerprint density at radius 2 is 0.943 bits per heavy atom. The van der Waals surface area contributed by atoms with E-state index in [0.29, 0.717) is 22.7 Å². The predicted molar refractivity (Wildman–Crippen MR) is 364 cm³/mol. The molecule has 1 aliphatic heterocycles. The lowest BCUT2D eigenvalue weighted by molar-refractivity contribution is -0.570. The Kier molecular flexibility index (Phi) is 9.78.